The van der Waals surface area contributed by atoms with E-state index in [9.17, 15) is 27.4 Å². The van der Waals surface area contributed by atoms with Gasteiger partial charge in [-0.2, -0.15) is 0 Å². The molecule has 190 valence electrons. The first kappa shape index (κ1) is 27.3. The first-order valence-corrected chi connectivity index (χ1v) is 16.1. The number of benzene rings is 2. The van der Waals surface area contributed by atoms with E-state index in [1.165, 1.54) is 12.1 Å². The highest BCUT2D eigenvalue weighted by Crippen LogP contribution is 2.59. The van der Waals surface area contributed by atoms with Gasteiger partial charge in [0, 0.05) is 26.1 Å². The van der Waals surface area contributed by atoms with Crippen molar-refractivity contribution in [2.45, 2.75) is 23.5 Å². The minimum absolute atomic E-state index is 0.0317. The third kappa shape index (κ3) is 4.68. The van der Waals surface area contributed by atoms with Crippen LogP contribution in [0.2, 0.25) is 0 Å². The van der Waals surface area contributed by atoms with E-state index in [0.29, 0.717) is 12.0 Å². The van der Waals surface area contributed by atoms with Gasteiger partial charge in [0.05, 0.1) is 22.3 Å². The minimum atomic E-state index is -4.64. The van der Waals surface area contributed by atoms with E-state index >= 15 is 0 Å². The number of hydrogen-bond acceptors (Lipinski definition) is 9. The van der Waals surface area contributed by atoms with Gasteiger partial charge >= 0.3 is 17.9 Å². The van der Waals surface area contributed by atoms with Gasteiger partial charge in [0.1, 0.15) is 28.1 Å². The maximum absolute atomic E-state index is 13.3. The zero-order valence-corrected chi connectivity index (χ0v) is 27.1. The monoisotopic (exact) mass is 961 g/mol. The molecule has 0 radical (unpaired) electrons. The van der Waals surface area contributed by atoms with E-state index in [0.717, 1.165) is 26.4 Å². The Hall–Kier alpha value is -0.320. The summed E-state index contributed by atoms with van der Waals surface area (Å²) >= 11 is 8.56. The average molecular weight is 961 g/mol. The van der Waals surface area contributed by atoms with Crippen molar-refractivity contribution in [1.82, 2.24) is 0 Å². The molecule has 2 aliphatic carbocycles. The molecule has 3 fully saturated rings. The molecule has 0 amide bonds. The number of fused-ring (bicyclic) bond motifs is 1. The summed E-state index contributed by atoms with van der Waals surface area (Å²) in [6.07, 6.45) is -0.926. The molecule has 1 aliphatic heterocycles. The maximum atomic E-state index is 13.3. The van der Waals surface area contributed by atoms with Crippen molar-refractivity contribution in [3.63, 3.8) is 0 Å². The van der Waals surface area contributed by atoms with E-state index < -0.39 is 62.9 Å². The van der Waals surface area contributed by atoms with Crippen LogP contribution in [0.5, 0.6) is 5.75 Å². The van der Waals surface area contributed by atoms with Crippen LogP contribution in [0.3, 0.4) is 0 Å². The minimum Gasteiger partial charge on any atom is -0.744 e. The van der Waals surface area contributed by atoms with Crippen LogP contribution in [0.15, 0.2) is 35.2 Å². The van der Waals surface area contributed by atoms with Crippen LogP contribution in [0.1, 0.15) is 16.8 Å². The van der Waals surface area contributed by atoms with Gasteiger partial charge in [0.25, 0.3) is 0 Å². The molecule has 0 N–H and O–H groups in total. The smallest absolute Gasteiger partial charge is 0.340 e. The molecule has 9 nitrogen and oxygen atoms in total. The van der Waals surface area contributed by atoms with E-state index in [2.05, 4.69) is 90.4 Å². The molecule has 2 aromatic carbocycles. The third-order valence-corrected chi connectivity index (χ3v) is 13.5. The van der Waals surface area contributed by atoms with Crippen molar-refractivity contribution in [3.05, 3.63) is 50.2 Å². The number of hydrogen-bond donors (Lipinski definition) is 0. The Bertz CT molecular complexity index is 1410. The number of esters is 3. The van der Waals surface area contributed by atoms with Gasteiger partial charge in [0.2, 0.25) is 0 Å². The van der Waals surface area contributed by atoms with E-state index in [1.807, 2.05) is 6.07 Å². The van der Waals surface area contributed by atoms with E-state index in [-0.39, 0.29) is 11.7 Å². The van der Waals surface area contributed by atoms with Gasteiger partial charge < -0.3 is 18.8 Å². The highest BCUT2D eigenvalue weighted by Gasteiger charge is 2.70. The van der Waals surface area contributed by atoms with Gasteiger partial charge in [-0.15, -0.1) is 0 Å². The maximum Gasteiger partial charge on any atom is 0.340 e. The summed E-state index contributed by atoms with van der Waals surface area (Å²) in [7, 11) is -4.64. The van der Waals surface area contributed by atoms with Gasteiger partial charge in [0.15, 0.2) is 0 Å². The van der Waals surface area contributed by atoms with E-state index in [4.69, 9.17) is 14.2 Å². The molecule has 1 heterocycles. The van der Waals surface area contributed by atoms with Crippen molar-refractivity contribution in [2.24, 2.45) is 23.7 Å². The Morgan fingerprint density at radius 1 is 1.00 bits per heavy atom. The molecule has 6 unspecified atom stereocenters. The normalized spacial score (nSPS) is 28.2. The molecule has 5 rings (SSSR count). The predicted octanol–water partition coefficient (Wildman–Crippen LogP) is 3.95. The van der Waals surface area contributed by atoms with Crippen LogP contribution >= 0.6 is 90.4 Å². The van der Waals surface area contributed by atoms with Crippen LogP contribution in [0.25, 0.3) is 0 Å². The predicted molar refractivity (Wildman–Crippen MR) is 155 cm³/mol. The van der Waals surface area contributed by atoms with Crippen LogP contribution in [0.4, 0.5) is 0 Å². The second-order valence-corrected chi connectivity index (χ2v) is 14.4. The summed E-state index contributed by atoms with van der Waals surface area (Å²) in [5.41, 5.74) is 0.428. The van der Waals surface area contributed by atoms with Gasteiger partial charge in [-0.25, -0.2) is 13.2 Å². The van der Waals surface area contributed by atoms with Crippen molar-refractivity contribution < 1.29 is 41.6 Å². The van der Waals surface area contributed by atoms with Crippen molar-refractivity contribution in [1.29, 1.82) is 0 Å². The molecule has 0 aromatic heterocycles. The Morgan fingerprint density at radius 2 is 1.67 bits per heavy atom. The lowest BCUT2D eigenvalue weighted by molar-refractivity contribution is -0.149. The molecule has 6 atom stereocenters. The molecule has 1 saturated heterocycles. The van der Waals surface area contributed by atoms with Gasteiger partial charge in [-0.3, -0.25) is 9.59 Å². The fourth-order valence-electron chi connectivity index (χ4n) is 5.26. The lowest BCUT2D eigenvalue weighted by Gasteiger charge is -2.30. The van der Waals surface area contributed by atoms with Gasteiger partial charge in [-0.05, 0) is 127 Å². The molecular formula is C22H13I4O9S-. The van der Waals surface area contributed by atoms with Crippen molar-refractivity contribution >= 4 is 118 Å². The molecule has 2 saturated carbocycles. The molecule has 2 bridgehead atoms. The average Bonchev–Trinajstić information content (AvgIpc) is 3.41. The summed E-state index contributed by atoms with van der Waals surface area (Å²) in [6, 6.07) is 6.37. The first-order valence-electron chi connectivity index (χ1n) is 10.4. The summed E-state index contributed by atoms with van der Waals surface area (Å²) < 4.78 is 53.7. The number of rotatable bonds is 5. The fraction of sp³-hybridized carbons (Fsp3) is 0.318. The largest absolute Gasteiger partial charge is 0.744 e. The summed E-state index contributed by atoms with van der Waals surface area (Å²) in [6.45, 7) is 0. The number of halogens is 4. The highest BCUT2D eigenvalue weighted by molar-refractivity contribution is 14.1. The van der Waals surface area contributed by atoms with Crippen LogP contribution in [-0.2, 0) is 29.2 Å². The van der Waals surface area contributed by atoms with Crippen LogP contribution < -0.4 is 4.74 Å². The zero-order valence-electron chi connectivity index (χ0n) is 17.7. The molecule has 36 heavy (non-hydrogen) atoms. The SMILES string of the molecule is O=C(OC1C2CC3C1OC(=O)C3C2C(=O)Oc1ccc(S(=O)(=O)[O-])cc1)c1c(I)cc(I)c(I)c1I. The topological polar surface area (TPSA) is 136 Å². The molecule has 14 heteroatoms. The molecular weight excluding hydrogens is 948 g/mol. The number of carbonyl (C=O) groups is 3. The summed E-state index contributed by atoms with van der Waals surface area (Å²) in [5.74, 6) is -4.03. The molecule has 0 spiro atoms. The summed E-state index contributed by atoms with van der Waals surface area (Å²) in [4.78, 5) is 38.6. The highest BCUT2D eigenvalue weighted by atomic mass is 127. The Kier molecular flexibility index (Phi) is 7.58. The number of carbonyl (C=O) groups excluding carboxylic acids is 3. The van der Waals surface area contributed by atoms with Crippen LogP contribution in [-0.4, -0.2) is 43.1 Å². The zero-order chi connectivity index (χ0) is 26.1. The van der Waals surface area contributed by atoms with Crippen molar-refractivity contribution in [2.75, 3.05) is 0 Å². The first-order chi connectivity index (χ1) is 16.9. The second kappa shape index (κ2) is 10.0. The molecule has 3 aliphatic rings. The Morgan fingerprint density at radius 3 is 2.31 bits per heavy atom. The Balaban J connectivity index is 1.38. The number of ether oxygens (including phenoxy) is 3. The lowest BCUT2D eigenvalue weighted by Crippen LogP contribution is -2.44. The standard InChI is InChI=1S/C22H14I4O9S/c23-11-6-12(24)16(25)17(26)15(11)22(29)35-19-9-5-10-14(21(28)34-18(10)19)13(9)20(27)33-7-1-3-8(4-2-7)36(30,31)32/h1-4,6,9-10,13-14,18-19H,5H2,(H,30,31,32)/p-1. The van der Waals surface area contributed by atoms with Gasteiger partial charge in [-0.1, -0.05) is 0 Å². The quantitative estimate of drug-likeness (QED) is 0.109. The Labute approximate surface area is 260 Å². The molecule has 2 aromatic rings. The van der Waals surface area contributed by atoms with E-state index in [1.54, 1.807) is 0 Å². The summed E-state index contributed by atoms with van der Waals surface area (Å²) in [5, 5.41) is 0. The van der Waals surface area contributed by atoms with Crippen LogP contribution in [0, 0.1) is 38.0 Å². The van der Waals surface area contributed by atoms with Crippen molar-refractivity contribution in [3.8, 4) is 5.75 Å². The third-order valence-electron chi connectivity index (χ3n) is 6.71. The fourth-order valence-corrected chi connectivity index (χ4v) is 9.97. The lowest BCUT2D eigenvalue weighted by atomic mass is 9.78. The second-order valence-electron chi connectivity index (χ2n) is 8.58.